The lowest BCUT2D eigenvalue weighted by Gasteiger charge is -2.24. The molecule has 36 heavy (non-hydrogen) atoms. The molecule has 5 heteroatoms. The van der Waals surface area contributed by atoms with Crippen LogP contribution < -0.4 is 4.90 Å². The quantitative estimate of drug-likeness (QED) is 0.420. The van der Waals surface area contributed by atoms with Crippen LogP contribution in [0.3, 0.4) is 0 Å². The minimum atomic E-state index is -0.184. The Morgan fingerprint density at radius 2 is 1.78 bits per heavy atom. The standard InChI is InChI=1S/C13H13FN2.C10H14O2.C8H16/c1-3-9-7-16-8(2)4-5-11-13(16)12(9)10(14)6-15-11;1-4-9-10(7-8(2)3)12-6-5-11-9;1-2-8-6-4-3-5-7-8/h4-6,9H,2-3,7H2,1H3;4,7H,1,5-6H2,2-3H3;8H,2-7H2,1H3. The Bertz CT molecular complexity index is 1010. The van der Waals surface area contributed by atoms with Crippen LogP contribution in [0, 0.1) is 11.7 Å². The van der Waals surface area contributed by atoms with Crippen molar-refractivity contribution in [1.82, 2.24) is 4.98 Å². The van der Waals surface area contributed by atoms with Crippen molar-refractivity contribution in [2.24, 2.45) is 5.92 Å². The van der Waals surface area contributed by atoms with Crippen LogP contribution >= 0.6 is 0 Å². The van der Waals surface area contributed by atoms with Crippen molar-refractivity contribution in [1.29, 1.82) is 0 Å². The first-order valence-corrected chi connectivity index (χ1v) is 13.5. The molecule has 1 saturated carbocycles. The van der Waals surface area contributed by atoms with E-state index in [1.54, 1.807) is 6.08 Å². The van der Waals surface area contributed by atoms with Crippen LogP contribution in [0.2, 0.25) is 0 Å². The van der Waals surface area contributed by atoms with Gasteiger partial charge in [0.1, 0.15) is 19.0 Å². The molecule has 1 unspecified atom stereocenters. The van der Waals surface area contributed by atoms with E-state index in [1.165, 1.54) is 50.3 Å². The van der Waals surface area contributed by atoms with Crippen molar-refractivity contribution >= 4 is 11.8 Å². The molecule has 0 spiro atoms. The topological polar surface area (TPSA) is 34.6 Å². The molecule has 0 saturated heterocycles. The second kappa shape index (κ2) is 13.5. The maximum atomic E-state index is 13.8. The van der Waals surface area contributed by atoms with Crippen LogP contribution in [0.15, 0.2) is 60.4 Å². The van der Waals surface area contributed by atoms with Gasteiger partial charge in [-0.1, -0.05) is 71.1 Å². The molecular weight excluding hydrogens is 451 g/mol. The second-order valence-corrected chi connectivity index (χ2v) is 10.1. The molecular formula is C31H43FN2O2. The number of hydrogen-bond acceptors (Lipinski definition) is 4. The summed E-state index contributed by atoms with van der Waals surface area (Å²) in [4.78, 5) is 6.21. The number of nitrogens with zero attached hydrogens (tertiary/aromatic N) is 2. The highest BCUT2D eigenvalue weighted by atomic mass is 19.1. The molecule has 4 nitrogen and oxygen atoms in total. The normalized spacial score (nSPS) is 20.2. The molecule has 1 aromatic heterocycles. The van der Waals surface area contributed by atoms with E-state index in [0.29, 0.717) is 13.2 Å². The van der Waals surface area contributed by atoms with E-state index in [-0.39, 0.29) is 11.7 Å². The van der Waals surface area contributed by atoms with E-state index in [0.717, 1.165) is 53.0 Å². The fourth-order valence-corrected chi connectivity index (χ4v) is 5.14. The summed E-state index contributed by atoms with van der Waals surface area (Å²) in [5, 5.41) is 0. The van der Waals surface area contributed by atoms with Gasteiger partial charge in [0.15, 0.2) is 11.5 Å². The summed E-state index contributed by atoms with van der Waals surface area (Å²) in [7, 11) is 0. The monoisotopic (exact) mass is 494 g/mol. The molecule has 0 radical (unpaired) electrons. The number of ether oxygens (including phenoxy) is 2. The van der Waals surface area contributed by atoms with Crippen LogP contribution in [0.25, 0.3) is 6.08 Å². The lowest BCUT2D eigenvalue weighted by Crippen LogP contribution is -2.21. The summed E-state index contributed by atoms with van der Waals surface area (Å²) in [5.41, 5.74) is 4.73. The molecule has 5 rings (SSSR count). The average molecular weight is 495 g/mol. The largest absolute Gasteiger partial charge is 0.486 e. The van der Waals surface area contributed by atoms with Crippen molar-refractivity contribution < 1.29 is 13.9 Å². The van der Waals surface area contributed by atoms with Gasteiger partial charge >= 0.3 is 0 Å². The molecule has 196 valence electrons. The van der Waals surface area contributed by atoms with E-state index in [1.807, 2.05) is 32.1 Å². The fourth-order valence-electron chi connectivity index (χ4n) is 5.14. The van der Waals surface area contributed by atoms with Gasteiger partial charge in [-0.3, -0.25) is 4.98 Å². The van der Waals surface area contributed by atoms with Crippen LogP contribution in [-0.4, -0.2) is 24.7 Å². The third-order valence-electron chi connectivity index (χ3n) is 7.17. The molecule has 1 aromatic rings. The van der Waals surface area contributed by atoms with Crippen LogP contribution in [0.4, 0.5) is 10.1 Å². The zero-order chi connectivity index (χ0) is 26.1. The predicted molar refractivity (Wildman–Crippen MR) is 148 cm³/mol. The van der Waals surface area contributed by atoms with Crippen molar-refractivity contribution in [2.45, 2.75) is 78.6 Å². The lowest BCUT2D eigenvalue weighted by atomic mass is 9.88. The first kappa shape index (κ1) is 27.8. The van der Waals surface area contributed by atoms with E-state index >= 15 is 0 Å². The fraction of sp³-hybridized carbons (Fsp3) is 0.516. The Morgan fingerprint density at radius 3 is 2.36 bits per heavy atom. The summed E-state index contributed by atoms with van der Waals surface area (Å²) in [5.74, 6) is 2.69. The SMILES string of the molecule is C=C1C=Cc2ncc(F)c3c2N1CC3CC.C=CC1=C(C=C(C)C)OCCO1.CCC1CCCCC1. The summed E-state index contributed by atoms with van der Waals surface area (Å²) >= 11 is 0. The van der Waals surface area contributed by atoms with E-state index < -0.39 is 0 Å². The lowest BCUT2D eigenvalue weighted by molar-refractivity contribution is 0.0768. The van der Waals surface area contributed by atoms with Crippen molar-refractivity contribution in [3.8, 4) is 0 Å². The highest BCUT2D eigenvalue weighted by molar-refractivity contribution is 5.79. The maximum absolute atomic E-state index is 13.8. The van der Waals surface area contributed by atoms with Crippen molar-refractivity contribution in [3.63, 3.8) is 0 Å². The van der Waals surface area contributed by atoms with Gasteiger partial charge in [0.2, 0.25) is 0 Å². The smallest absolute Gasteiger partial charge is 0.161 e. The molecule has 0 amide bonds. The van der Waals surface area contributed by atoms with Gasteiger partial charge in [-0.25, -0.2) is 4.39 Å². The third-order valence-corrected chi connectivity index (χ3v) is 7.17. The Labute approximate surface area is 217 Å². The number of halogens is 1. The van der Waals surface area contributed by atoms with E-state index in [2.05, 4.69) is 36.9 Å². The number of pyridine rings is 1. The highest BCUT2D eigenvalue weighted by Gasteiger charge is 2.35. The zero-order valence-corrected chi connectivity index (χ0v) is 22.6. The maximum Gasteiger partial charge on any atom is 0.161 e. The van der Waals surface area contributed by atoms with Crippen molar-refractivity contribution in [3.05, 3.63) is 77.4 Å². The predicted octanol–water partition coefficient (Wildman–Crippen LogP) is 8.45. The van der Waals surface area contributed by atoms with E-state index in [4.69, 9.17) is 9.47 Å². The van der Waals surface area contributed by atoms with Gasteiger partial charge in [-0.15, -0.1) is 0 Å². The van der Waals surface area contributed by atoms with Crippen LogP contribution in [0.1, 0.15) is 89.8 Å². The van der Waals surface area contributed by atoms with Gasteiger partial charge < -0.3 is 14.4 Å². The average Bonchev–Trinajstić information content (AvgIpc) is 3.31. The highest BCUT2D eigenvalue weighted by Crippen LogP contribution is 2.45. The minimum absolute atomic E-state index is 0.184. The summed E-state index contributed by atoms with van der Waals surface area (Å²) < 4.78 is 24.6. The van der Waals surface area contributed by atoms with Crippen molar-refractivity contribution in [2.75, 3.05) is 24.7 Å². The van der Waals surface area contributed by atoms with Gasteiger partial charge in [0.25, 0.3) is 0 Å². The zero-order valence-electron chi connectivity index (χ0n) is 22.6. The van der Waals surface area contributed by atoms with Gasteiger partial charge in [-0.2, -0.15) is 0 Å². The third kappa shape index (κ3) is 6.89. The molecule has 4 heterocycles. The number of rotatable bonds is 4. The molecule has 4 aliphatic rings. The molecule has 1 fully saturated rings. The molecule has 3 aliphatic heterocycles. The molecule has 0 aromatic carbocycles. The Balaban J connectivity index is 0.000000160. The number of anilines is 1. The Hall–Kier alpha value is -2.82. The Morgan fingerprint density at radius 1 is 1.08 bits per heavy atom. The first-order chi connectivity index (χ1) is 17.4. The van der Waals surface area contributed by atoms with Gasteiger partial charge in [-0.05, 0) is 50.5 Å². The Kier molecular flexibility index (Phi) is 10.4. The summed E-state index contributed by atoms with van der Waals surface area (Å²) in [6.07, 6.45) is 18.7. The van der Waals surface area contributed by atoms with Crippen LogP contribution in [0.5, 0.6) is 0 Å². The summed E-state index contributed by atoms with van der Waals surface area (Å²) in [6, 6.07) is 0. The molecule has 0 N–H and O–H groups in total. The number of aromatic nitrogens is 1. The van der Waals surface area contributed by atoms with Gasteiger partial charge in [0.05, 0.1) is 17.6 Å². The summed E-state index contributed by atoms with van der Waals surface area (Å²) in [6.45, 7) is 18.1. The van der Waals surface area contributed by atoms with Crippen LogP contribution in [-0.2, 0) is 9.47 Å². The number of allylic oxidation sites excluding steroid dienone is 4. The van der Waals surface area contributed by atoms with E-state index in [9.17, 15) is 4.39 Å². The minimum Gasteiger partial charge on any atom is -0.486 e. The van der Waals surface area contributed by atoms with Gasteiger partial charge in [0, 0.05) is 23.7 Å². The molecule has 0 bridgehead atoms. The molecule has 1 aliphatic carbocycles. The first-order valence-electron chi connectivity index (χ1n) is 13.5. The second-order valence-electron chi connectivity index (χ2n) is 10.1. The molecule has 1 atom stereocenters. The number of hydrogen-bond donors (Lipinski definition) is 0.